The molecule has 4 heteroatoms. The van der Waals surface area contributed by atoms with Gasteiger partial charge in [-0.25, -0.2) is 8.42 Å². The van der Waals surface area contributed by atoms with Crippen molar-refractivity contribution >= 4 is 9.84 Å². The van der Waals surface area contributed by atoms with E-state index in [-0.39, 0.29) is 0 Å². The molecule has 0 aromatic carbocycles. The van der Waals surface area contributed by atoms with Gasteiger partial charge in [0.05, 0.1) is 10.8 Å². The van der Waals surface area contributed by atoms with Gasteiger partial charge in [0, 0.05) is 19.4 Å². The Balaban J connectivity index is 2.96. The third kappa shape index (κ3) is 1.57. The highest BCUT2D eigenvalue weighted by Crippen LogP contribution is 2.03. The molecule has 9 heavy (non-hydrogen) atoms. The second-order valence-electron chi connectivity index (χ2n) is 1.82. The molecule has 0 unspecified atom stereocenters. The zero-order valence-corrected chi connectivity index (χ0v) is 5.80. The molecule has 0 saturated heterocycles. The molecule has 50 valence electrons. The Morgan fingerprint density at radius 3 is 2.00 bits per heavy atom. The second-order valence-corrected chi connectivity index (χ2v) is 3.55. The molecular weight excluding hydrogens is 138 g/mol. The molecule has 1 rings (SSSR count). The molecule has 0 N–H and O–H groups in total. The summed E-state index contributed by atoms with van der Waals surface area (Å²) in [5.41, 5.74) is 0. The molecule has 1 heterocycles. The number of nitrogens with zero attached hydrogens (tertiary/aromatic N) is 1. The Morgan fingerprint density at radius 1 is 1.22 bits per heavy atom. The molecule has 0 aromatic rings. The van der Waals surface area contributed by atoms with Crippen LogP contribution < -0.4 is 0 Å². The SMILES string of the molecule is CN1C=CS(=O)(=O)C=C1. The highest BCUT2D eigenvalue weighted by Gasteiger charge is 2.03. The van der Waals surface area contributed by atoms with Crippen molar-refractivity contribution in [3.05, 3.63) is 23.2 Å². The highest BCUT2D eigenvalue weighted by molar-refractivity contribution is 7.97. The molecule has 0 saturated carbocycles. The monoisotopic (exact) mass is 145 g/mol. The van der Waals surface area contributed by atoms with Gasteiger partial charge >= 0.3 is 0 Å². The lowest BCUT2D eigenvalue weighted by Gasteiger charge is -2.08. The minimum Gasteiger partial charge on any atom is -0.356 e. The Morgan fingerprint density at radius 2 is 1.67 bits per heavy atom. The molecule has 0 aliphatic carbocycles. The maximum Gasteiger partial charge on any atom is 0.195 e. The maximum absolute atomic E-state index is 10.6. The van der Waals surface area contributed by atoms with E-state index in [1.807, 2.05) is 0 Å². The standard InChI is InChI=1S/C5H7NO2S/c1-6-2-4-9(7,8)5-3-6/h2-5H,1H3. The van der Waals surface area contributed by atoms with Gasteiger partial charge in [-0.1, -0.05) is 0 Å². The smallest absolute Gasteiger partial charge is 0.195 e. The van der Waals surface area contributed by atoms with Crippen LogP contribution >= 0.6 is 0 Å². The quantitative estimate of drug-likeness (QED) is 0.491. The van der Waals surface area contributed by atoms with Crippen molar-refractivity contribution in [3.8, 4) is 0 Å². The van der Waals surface area contributed by atoms with E-state index in [1.54, 1.807) is 11.9 Å². The Kier molecular flexibility index (Phi) is 1.32. The third-order valence-corrected chi connectivity index (χ3v) is 1.97. The average Bonchev–Trinajstić information content (AvgIpc) is 1.78. The van der Waals surface area contributed by atoms with Crippen LogP contribution in [-0.2, 0) is 9.84 Å². The predicted molar refractivity (Wildman–Crippen MR) is 35.0 cm³/mol. The fourth-order valence-electron chi connectivity index (χ4n) is 0.457. The summed E-state index contributed by atoms with van der Waals surface area (Å²) in [6, 6.07) is 0. The minimum absolute atomic E-state index is 1.16. The Hall–Kier alpha value is -0.770. The van der Waals surface area contributed by atoms with Crippen LogP contribution in [0.5, 0.6) is 0 Å². The summed E-state index contributed by atoms with van der Waals surface area (Å²) >= 11 is 0. The fourth-order valence-corrected chi connectivity index (χ4v) is 1.27. The molecular formula is C5H7NO2S. The van der Waals surface area contributed by atoms with Gasteiger partial charge in [-0.15, -0.1) is 0 Å². The van der Waals surface area contributed by atoms with E-state index in [2.05, 4.69) is 0 Å². The first-order chi connectivity index (χ1) is 4.10. The molecule has 0 fully saturated rings. The number of hydrogen-bond donors (Lipinski definition) is 0. The minimum atomic E-state index is -3.02. The van der Waals surface area contributed by atoms with Gasteiger partial charge in [0.15, 0.2) is 9.84 Å². The number of sulfone groups is 1. The van der Waals surface area contributed by atoms with Crippen LogP contribution in [0.3, 0.4) is 0 Å². The molecule has 1 aliphatic rings. The summed E-state index contributed by atoms with van der Waals surface area (Å²) in [7, 11) is -1.25. The fraction of sp³-hybridized carbons (Fsp3) is 0.200. The average molecular weight is 145 g/mol. The number of hydrogen-bond acceptors (Lipinski definition) is 3. The van der Waals surface area contributed by atoms with E-state index in [4.69, 9.17) is 0 Å². The van der Waals surface area contributed by atoms with Crippen molar-refractivity contribution in [2.45, 2.75) is 0 Å². The topological polar surface area (TPSA) is 37.4 Å². The first-order valence-electron chi connectivity index (χ1n) is 2.44. The molecule has 1 aliphatic heterocycles. The molecule has 0 bridgehead atoms. The molecule has 0 aromatic heterocycles. The van der Waals surface area contributed by atoms with Crippen LogP contribution in [-0.4, -0.2) is 20.4 Å². The first kappa shape index (κ1) is 6.35. The Bertz CT molecular complexity index is 230. The van der Waals surface area contributed by atoms with Crippen molar-refractivity contribution in [2.24, 2.45) is 0 Å². The van der Waals surface area contributed by atoms with Gasteiger partial charge in [-0.3, -0.25) is 0 Å². The lowest BCUT2D eigenvalue weighted by molar-refractivity contribution is 0.595. The maximum atomic E-state index is 10.6. The Labute approximate surface area is 54.2 Å². The van der Waals surface area contributed by atoms with Gasteiger partial charge in [0.25, 0.3) is 0 Å². The zero-order chi connectivity index (χ0) is 6.91. The lowest BCUT2D eigenvalue weighted by atomic mass is 10.8. The number of rotatable bonds is 0. The van der Waals surface area contributed by atoms with Crippen LogP contribution in [0, 0.1) is 0 Å². The summed E-state index contributed by atoms with van der Waals surface area (Å²) < 4.78 is 21.2. The third-order valence-electron chi connectivity index (χ3n) is 0.971. The largest absolute Gasteiger partial charge is 0.356 e. The van der Waals surface area contributed by atoms with Crippen LogP contribution in [0.1, 0.15) is 0 Å². The van der Waals surface area contributed by atoms with E-state index < -0.39 is 9.84 Å². The van der Waals surface area contributed by atoms with Gasteiger partial charge in [0.2, 0.25) is 0 Å². The van der Waals surface area contributed by atoms with Crippen LogP contribution in [0.25, 0.3) is 0 Å². The second kappa shape index (κ2) is 1.88. The van der Waals surface area contributed by atoms with Gasteiger partial charge < -0.3 is 4.90 Å². The van der Waals surface area contributed by atoms with Crippen LogP contribution in [0.2, 0.25) is 0 Å². The summed E-state index contributed by atoms with van der Waals surface area (Å²) in [6.45, 7) is 0. The molecule has 0 radical (unpaired) electrons. The van der Waals surface area contributed by atoms with Crippen molar-refractivity contribution in [2.75, 3.05) is 7.05 Å². The molecule has 0 amide bonds. The van der Waals surface area contributed by atoms with Gasteiger partial charge in [-0.2, -0.15) is 0 Å². The summed E-state index contributed by atoms with van der Waals surface area (Å²) in [5, 5.41) is 2.32. The molecule has 3 nitrogen and oxygen atoms in total. The van der Waals surface area contributed by atoms with E-state index in [1.165, 1.54) is 12.4 Å². The van der Waals surface area contributed by atoms with Crippen LogP contribution in [0.15, 0.2) is 23.2 Å². The summed E-state index contributed by atoms with van der Waals surface area (Å²) in [4.78, 5) is 1.67. The lowest BCUT2D eigenvalue weighted by Crippen LogP contribution is -2.07. The normalized spacial score (nSPS) is 22.6. The van der Waals surface area contributed by atoms with Crippen LogP contribution in [0.4, 0.5) is 0 Å². The zero-order valence-electron chi connectivity index (χ0n) is 4.98. The van der Waals surface area contributed by atoms with Gasteiger partial charge in [0.1, 0.15) is 0 Å². The van der Waals surface area contributed by atoms with Crippen molar-refractivity contribution in [1.29, 1.82) is 0 Å². The van der Waals surface area contributed by atoms with Crippen molar-refractivity contribution in [3.63, 3.8) is 0 Å². The molecule has 0 spiro atoms. The predicted octanol–water partition coefficient (Wildman–Crippen LogP) is 0.289. The van der Waals surface area contributed by atoms with Gasteiger partial charge in [-0.05, 0) is 0 Å². The molecule has 0 atom stereocenters. The van der Waals surface area contributed by atoms with E-state index in [0.717, 1.165) is 10.8 Å². The van der Waals surface area contributed by atoms with E-state index in [9.17, 15) is 8.42 Å². The van der Waals surface area contributed by atoms with Crippen molar-refractivity contribution < 1.29 is 8.42 Å². The highest BCUT2D eigenvalue weighted by atomic mass is 32.2. The summed E-state index contributed by atoms with van der Waals surface area (Å²) in [6.07, 6.45) is 2.99. The summed E-state index contributed by atoms with van der Waals surface area (Å²) in [5.74, 6) is 0. The first-order valence-corrected chi connectivity index (χ1v) is 4.04. The van der Waals surface area contributed by atoms with E-state index >= 15 is 0 Å². The van der Waals surface area contributed by atoms with Crippen molar-refractivity contribution in [1.82, 2.24) is 4.90 Å². The van der Waals surface area contributed by atoms with E-state index in [0.29, 0.717) is 0 Å².